The van der Waals surface area contributed by atoms with Crippen molar-refractivity contribution < 1.29 is 34.7 Å². The van der Waals surface area contributed by atoms with E-state index in [0.717, 1.165) is 0 Å². The van der Waals surface area contributed by atoms with Gasteiger partial charge in [0.2, 0.25) is 17.3 Å². The molecule has 1 aliphatic rings. The summed E-state index contributed by atoms with van der Waals surface area (Å²) in [5, 5.41) is 38.4. The van der Waals surface area contributed by atoms with Crippen LogP contribution >= 0.6 is 0 Å². The van der Waals surface area contributed by atoms with E-state index in [0.29, 0.717) is 5.56 Å². The maximum Gasteiger partial charge on any atom is 0.232 e. The number of allylic oxidation sites excluding steroid dienone is 1. The van der Waals surface area contributed by atoms with Crippen LogP contribution in [0.2, 0.25) is 0 Å². The van der Waals surface area contributed by atoms with Gasteiger partial charge < -0.3 is 29.9 Å². The molecule has 0 saturated heterocycles. The van der Waals surface area contributed by atoms with Crippen molar-refractivity contribution in [2.75, 3.05) is 7.11 Å². The molecule has 3 rings (SSSR count). The van der Waals surface area contributed by atoms with Crippen molar-refractivity contribution in [3.8, 4) is 34.5 Å². The standard InChI is InChI=1S/C16H12O7/c1-22-11-5-7(4-10(18)14(11)20)6-12-13(19)8-2-3-9(17)15(21)16(8)23-12/h2-6,17-18,20-21H,1H3/b12-6-. The Balaban J connectivity index is 2.04. The molecule has 0 spiro atoms. The molecule has 0 unspecified atom stereocenters. The van der Waals surface area contributed by atoms with Crippen LogP contribution in [0, 0.1) is 0 Å². The van der Waals surface area contributed by atoms with Crippen LogP contribution in [-0.4, -0.2) is 33.3 Å². The van der Waals surface area contributed by atoms with Crippen molar-refractivity contribution in [3.05, 3.63) is 41.2 Å². The van der Waals surface area contributed by atoms with E-state index in [1.807, 2.05) is 0 Å². The van der Waals surface area contributed by atoms with Crippen molar-refractivity contribution in [1.29, 1.82) is 0 Å². The lowest BCUT2D eigenvalue weighted by molar-refractivity contribution is 0.101. The molecule has 118 valence electrons. The number of carbonyl (C=O) groups is 1. The highest BCUT2D eigenvalue weighted by molar-refractivity contribution is 6.15. The van der Waals surface area contributed by atoms with Crippen LogP contribution in [0.1, 0.15) is 15.9 Å². The smallest absolute Gasteiger partial charge is 0.232 e. The monoisotopic (exact) mass is 316 g/mol. The van der Waals surface area contributed by atoms with Crippen molar-refractivity contribution in [3.63, 3.8) is 0 Å². The third-order valence-electron chi connectivity index (χ3n) is 3.39. The Hall–Kier alpha value is -3.35. The van der Waals surface area contributed by atoms with Crippen molar-refractivity contribution in [2.24, 2.45) is 0 Å². The van der Waals surface area contributed by atoms with Gasteiger partial charge in [-0.05, 0) is 35.9 Å². The van der Waals surface area contributed by atoms with E-state index in [-0.39, 0.29) is 22.8 Å². The van der Waals surface area contributed by atoms with Crippen LogP contribution < -0.4 is 9.47 Å². The molecule has 7 nitrogen and oxygen atoms in total. The second kappa shape index (κ2) is 5.13. The number of phenolic OH excluding ortho intramolecular Hbond substituents is 4. The first-order valence-corrected chi connectivity index (χ1v) is 6.51. The van der Waals surface area contributed by atoms with Crippen LogP contribution in [-0.2, 0) is 0 Å². The van der Waals surface area contributed by atoms with Gasteiger partial charge in [-0.1, -0.05) is 0 Å². The maximum atomic E-state index is 12.2. The van der Waals surface area contributed by atoms with E-state index in [1.54, 1.807) is 0 Å². The SMILES string of the molecule is COc1cc(/C=C2\Oc3c(ccc(O)c3O)C2=O)cc(O)c1O. The van der Waals surface area contributed by atoms with Gasteiger partial charge in [0.15, 0.2) is 28.8 Å². The number of ether oxygens (including phenoxy) is 2. The molecule has 2 aromatic carbocycles. The summed E-state index contributed by atoms with van der Waals surface area (Å²) in [5.41, 5.74) is 0.457. The quantitative estimate of drug-likeness (QED) is 0.495. The lowest BCUT2D eigenvalue weighted by Gasteiger charge is -2.07. The van der Waals surface area contributed by atoms with E-state index in [1.165, 1.54) is 37.5 Å². The molecule has 0 amide bonds. The highest BCUT2D eigenvalue weighted by atomic mass is 16.5. The van der Waals surface area contributed by atoms with Crippen LogP contribution in [0.3, 0.4) is 0 Å². The number of methoxy groups -OCH3 is 1. The van der Waals surface area contributed by atoms with E-state index in [4.69, 9.17) is 9.47 Å². The average molecular weight is 316 g/mol. The topological polar surface area (TPSA) is 116 Å². The van der Waals surface area contributed by atoms with Crippen molar-refractivity contribution in [2.45, 2.75) is 0 Å². The van der Waals surface area contributed by atoms with Gasteiger partial charge in [-0.2, -0.15) is 0 Å². The summed E-state index contributed by atoms with van der Waals surface area (Å²) in [7, 11) is 1.32. The number of benzene rings is 2. The van der Waals surface area contributed by atoms with Gasteiger partial charge >= 0.3 is 0 Å². The molecule has 0 atom stereocenters. The zero-order chi connectivity index (χ0) is 16.7. The Morgan fingerprint density at radius 2 is 1.78 bits per heavy atom. The number of hydrogen-bond acceptors (Lipinski definition) is 7. The Bertz CT molecular complexity index is 852. The molecule has 4 N–H and O–H groups in total. The van der Waals surface area contributed by atoms with Crippen molar-refractivity contribution in [1.82, 2.24) is 0 Å². The fourth-order valence-corrected chi connectivity index (χ4v) is 2.23. The number of ketones is 1. The van der Waals surface area contributed by atoms with E-state index in [9.17, 15) is 25.2 Å². The van der Waals surface area contributed by atoms with Crippen LogP contribution in [0.5, 0.6) is 34.5 Å². The largest absolute Gasteiger partial charge is 0.504 e. The van der Waals surface area contributed by atoms with Gasteiger partial charge in [0.25, 0.3) is 0 Å². The Morgan fingerprint density at radius 1 is 1.04 bits per heavy atom. The molecular formula is C16H12O7. The summed E-state index contributed by atoms with van der Waals surface area (Å²) in [4.78, 5) is 12.2. The third-order valence-corrected chi connectivity index (χ3v) is 3.39. The first-order chi connectivity index (χ1) is 10.9. The van der Waals surface area contributed by atoms with Gasteiger partial charge in [-0.15, -0.1) is 0 Å². The first-order valence-electron chi connectivity index (χ1n) is 6.51. The minimum absolute atomic E-state index is 0.0281. The Kier molecular flexibility index (Phi) is 3.25. The van der Waals surface area contributed by atoms with Gasteiger partial charge in [0, 0.05) is 0 Å². The Labute approximate surface area is 130 Å². The predicted octanol–water partition coefficient (Wildman–Crippen LogP) is 2.13. The van der Waals surface area contributed by atoms with Gasteiger partial charge in [0.1, 0.15) is 0 Å². The van der Waals surface area contributed by atoms with E-state index < -0.39 is 28.8 Å². The van der Waals surface area contributed by atoms with Gasteiger partial charge in [-0.3, -0.25) is 4.79 Å². The molecule has 0 aliphatic carbocycles. The number of rotatable bonds is 2. The molecule has 1 heterocycles. The molecular weight excluding hydrogens is 304 g/mol. The summed E-state index contributed by atoms with van der Waals surface area (Å²) >= 11 is 0. The predicted molar refractivity (Wildman–Crippen MR) is 79.0 cm³/mol. The first kappa shape index (κ1) is 14.6. The lowest BCUT2D eigenvalue weighted by atomic mass is 10.1. The van der Waals surface area contributed by atoms with Gasteiger partial charge in [0.05, 0.1) is 12.7 Å². The zero-order valence-corrected chi connectivity index (χ0v) is 11.9. The van der Waals surface area contributed by atoms with E-state index in [2.05, 4.69) is 0 Å². The highest BCUT2D eigenvalue weighted by Crippen LogP contribution is 2.44. The normalized spacial score (nSPS) is 14.7. The van der Waals surface area contributed by atoms with E-state index >= 15 is 0 Å². The van der Waals surface area contributed by atoms with Gasteiger partial charge in [-0.25, -0.2) is 0 Å². The van der Waals surface area contributed by atoms with Crippen LogP contribution in [0.4, 0.5) is 0 Å². The van der Waals surface area contributed by atoms with Crippen molar-refractivity contribution >= 4 is 11.9 Å². The number of carbonyl (C=O) groups excluding carboxylic acids is 1. The molecule has 1 aliphatic heterocycles. The second-order valence-electron chi connectivity index (χ2n) is 4.84. The molecule has 0 fully saturated rings. The molecule has 23 heavy (non-hydrogen) atoms. The summed E-state index contributed by atoms with van der Waals surface area (Å²) in [6.07, 6.45) is 1.32. The summed E-state index contributed by atoms with van der Waals surface area (Å²) < 4.78 is 10.2. The average Bonchev–Trinajstić information content (AvgIpc) is 2.84. The fraction of sp³-hybridized carbons (Fsp3) is 0.0625. The molecule has 0 saturated carbocycles. The second-order valence-corrected chi connectivity index (χ2v) is 4.84. The molecule has 0 radical (unpaired) electrons. The molecule has 2 aromatic rings. The summed E-state index contributed by atoms with van der Waals surface area (Å²) in [5.74, 6) is -2.45. The summed E-state index contributed by atoms with van der Waals surface area (Å²) in [6.45, 7) is 0. The summed E-state index contributed by atoms with van der Waals surface area (Å²) in [6, 6.07) is 5.15. The number of fused-ring (bicyclic) bond motifs is 1. The minimum Gasteiger partial charge on any atom is -0.504 e. The molecule has 0 bridgehead atoms. The number of phenols is 4. The number of aromatic hydroxyl groups is 4. The zero-order valence-electron chi connectivity index (χ0n) is 11.9. The molecule has 7 heteroatoms. The van der Waals surface area contributed by atoms with Crippen LogP contribution in [0.15, 0.2) is 30.0 Å². The highest BCUT2D eigenvalue weighted by Gasteiger charge is 2.31. The molecule has 0 aromatic heterocycles. The maximum absolute atomic E-state index is 12.2. The Morgan fingerprint density at radius 3 is 2.48 bits per heavy atom. The minimum atomic E-state index is -0.523. The number of hydrogen-bond donors (Lipinski definition) is 4. The lowest BCUT2D eigenvalue weighted by Crippen LogP contribution is -1.98. The fourth-order valence-electron chi connectivity index (χ4n) is 2.23. The third kappa shape index (κ3) is 2.28. The number of Topliss-reactive ketones (excluding diaryl/α,β-unsaturated/α-hetero) is 1. The van der Waals surface area contributed by atoms with Crippen LogP contribution in [0.25, 0.3) is 6.08 Å².